The molecule has 0 fully saturated rings. The predicted molar refractivity (Wildman–Crippen MR) is 281 cm³/mol. The zero-order valence-electron chi connectivity index (χ0n) is 37.9. The second-order valence-corrected chi connectivity index (χ2v) is 18.9. The predicted octanol–water partition coefficient (Wildman–Crippen LogP) is 17.7. The van der Waals surface area contributed by atoms with E-state index in [0.29, 0.717) is 0 Å². The van der Waals surface area contributed by atoms with Gasteiger partial charge in [0.25, 0.3) is 0 Å². The highest BCUT2D eigenvalue weighted by Gasteiger charge is 2.46. The Balaban J connectivity index is 1.08. The summed E-state index contributed by atoms with van der Waals surface area (Å²) in [5, 5.41) is 2.16. The number of fused-ring (bicyclic) bond motifs is 6. The summed E-state index contributed by atoms with van der Waals surface area (Å²) in [6, 6.07) is 88.9. The second kappa shape index (κ2) is 16.0. The van der Waals surface area contributed by atoms with E-state index >= 15 is 0 Å². The zero-order valence-corrected chi connectivity index (χ0v) is 37.9. The summed E-state index contributed by atoms with van der Waals surface area (Å²) >= 11 is 0. The van der Waals surface area contributed by atoms with Crippen molar-refractivity contribution >= 4 is 39.0 Å². The van der Waals surface area contributed by atoms with Crippen molar-refractivity contribution in [3.63, 3.8) is 0 Å². The van der Waals surface area contributed by atoms with Gasteiger partial charge in [0.05, 0.1) is 16.5 Å². The van der Waals surface area contributed by atoms with Gasteiger partial charge in [-0.1, -0.05) is 215 Å². The summed E-state index contributed by atoms with van der Waals surface area (Å²) in [6.45, 7) is 6.79. The second-order valence-electron chi connectivity index (χ2n) is 18.9. The molecule has 320 valence electrons. The van der Waals surface area contributed by atoms with Crippen molar-refractivity contribution < 1.29 is 4.42 Å². The Kier molecular flexibility index (Phi) is 9.66. The highest BCUT2D eigenvalue weighted by Crippen LogP contribution is 2.57. The van der Waals surface area contributed by atoms with E-state index in [-0.39, 0.29) is 5.41 Å². The monoisotopic (exact) mass is 859 g/mol. The van der Waals surface area contributed by atoms with E-state index in [1.165, 1.54) is 66.8 Å². The first kappa shape index (κ1) is 40.3. The lowest BCUT2D eigenvalue weighted by molar-refractivity contribution is 0.590. The largest absolute Gasteiger partial charge is 0.456 e. The van der Waals surface area contributed by atoms with Gasteiger partial charge >= 0.3 is 0 Å². The highest BCUT2D eigenvalue weighted by atomic mass is 16.3. The number of nitrogens with zero attached hydrogens (tertiary/aromatic N) is 1. The molecule has 0 saturated carbocycles. The molecule has 0 radical (unpaired) electrons. The van der Waals surface area contributed by atoms with Gasteiger partial charge in [0, 0.05) is 16.8 Å². The van der Waals surface area contributed by atoms with Crippen molar-refractivity contribution in [2.45, 2.75) is 31.6 Å². The maximum atomic E-state index is 6.69. The van der Waals surface area contributed by atoms with Crippen LogP contribution in [0.15, 0.2) is 247 Å². The number of anilines is 3. The van der Waals surface area contributed by atoms with Gasteiger partial charge in [0.2, 0.25) is 0 Å². The normalized spacial score (nSPS) is 12.8. The molecule has 11 aromatic rings. The van der Waals surface area contributed by atoms with E-state index in [9.17, 15) is 0 Å². The van der Waals surface area contributed by atoms with E-state index < -0.39 is 5.41 Å². The van der Waals surface area contributed by atoms with Crippen molar-refractivity contribution in [2.24, 2.45) is 0 Å². The van der Waals surface area contributed by atoms with Crippen molar-refractivity contribution in [2.75, 3.05) is 4.90 Å². The summed E-state index contributed by atoms with van der Waals surface area (Å²) in [6.07, 6.45) is 0. The molecule has 2 nitrogen and oxygen atoms in total. The standard InChI is InChI=1S/C65H49NO/c1-64(2,3)50-35-28-47(29-36-50)48-32-39-53(40-33-48)66(60-26-15-27-62-63(60)57-42-49(34-41-61(57)67-62)45-18-8-5-9-19-45)54-21-14-20-52(43-54)65(51-37-30-46(31-38-51)44-16-6-4-7-17-44)58-24-12-10-22-55(58)56-23-11-13-25-59(56)65/h4-43H,1-3H3. The molecule has 1 aromatic heterocycles. The van der Waals surface area contributed by atoms with Crippen LogP contribution >= 0.6 is 0 Å². The molecule has 0 aliphatic heterocycles. The van der Waals surface area contributed by atoms with Crippen LogP contribution in [-0.4, -0.2) is 0 Å². The average Bonchev–Trinajstić information content (AvgIpc) is 3.91. The van der Waals surface area contributed by atoms with Gasteiger partial charge in [0.1, 0.15) is 11.2 Å². The van der Waals surface area contributed by atoms with Crippen LogP contribution in [-0.2, 0) is 10.8 Å². The topological polar surface area (TPSA) is 16.4 Å². The molecule has 67 heavy (non-hydrogen) atoms. The van der Waals surface area contributed by atoms with E-state index in [4.69, 9.17) is 4.42 Å². The smallest absolute Gasteiger partial charge is 0.137 e. The molecule has 1 aliphatic rings. The molecule has 0 spiro atoms. The third-order valence-corrected chi connectivity index (χ3v) is 13.9. The Hall–Kier alpha value is -8.20. The summed E-state index contributed by atoms with van der Waals surface area (Å²) in [4.78, 5) is 2.43. The maximum Gasteiger partial charge on any atom is 0.137 e. The van der Waals surface area contributed by atoms with Crippen LogP contribution in [0.25, 0.3) is 66.4 Å². The molecule has 1 heterocycles. The quantitative estimate of drug-likeness (QED) is 0.151. The Morgan fingerprint density at radius 3 is 1.52 bits per heavy atom. The van der Waals surface area contributed by atoms with Crippen molar-refractivity contribution in [1.82, 2.24) is 0 Å². The first-order valence-corrected chi connectivity index (χ1v) is 23.3. The van der Waals surface area contributed by atoms with Crippen LogP contribution in [0, 0.1) is 0 Å². The fourth-order valence-corrected chi connectivity index (χ4v) is 10.6. The Bertz CT molecular complexity index is 3530. The Morgan fingerprint density at radius 2 is 0.896 bits per heavy atom. The minimum Gasteiger partial charge on any atom is -0.456 e. The summed E-state index contributed by atoms with van der Waals surface area (Å²) in [5.74, 6) is 0. The summed E-state index contributed by atoms with van der Waals surface area (Å²) in [5.41, 5.74) is 20.3. The van der Waals surface area contributed by atoms with E-state index in [1.54, 1.807) is 0 Å². The van der Waals surface area contributed by atoms with Gasteiger partial charge in [-0.15, -0.1) is 0 Å². The van der Waals surface area contributed by atoms with E-state index in [1.807, 2.05) is 0 Å². The molecular weight excluding hydrogens is 811 g/mol. The van der Waals surface area contributed by atoms with Gasteiger partial charge in [-0.2, -0.15) is 0 Å². The minimum absolute atomic E-state index is 0.0877. The van der Waals surface area contributed by atoms with Crippen LogP contribution in [0.1, 0.15) is 48.6 Å². The van der Waals surface area contributed by atoms with E-state index in [0.717, 1.165) is 44.6 Å². The molecule has 12 rings (SSSR count). The number of furan rings is 1. The molecule has 0 bridgehead atoms. The van der Waals surface area contributed by atoms with Gasteiger partial charge < -0.3 is 9.32 Å². The fraction of sp³-hybridized carbons (Fsp3) is 0.0769. The maximum absolute atomic E-state index is 6.69. The molecule has 1 aliphatic carbocycles. The number of benzene rings is 10. The van der Waals surface area contributed by atoms with Gasteiger partial charge in [-0.05, 0) is 126 Å². The third-order valence-electron chi connectivity index (χ3n) is 13.9. The zero-order chi connectivity index (χ0) is 45.1. The summed E-state index contributed by atoms with van der Waals surface area (Å²) < 4.78 is 6.69. The average molecular weight is 860 g/mol. The first-order chi connectivity index (χ1) is 32.8. The molecule has 0 saturated heterocycles. The van der Waals surface area contributed by atoms with Crippen LogP contribution in [0.4, 0.5) is 17.1 Å². The minimum atomic E-state index is -0.591. The molecule has 0 atom stereocenters. The molecule has 10 aromatic carbocycles. The number of rotatable bonds is 8. The lowest BCUT2D eigenvalue weighted by Gasteiger charge is -2.35. The molecule has 0 amide bonds. The number of hydrogen-bond donors (Lipinski definition) is 0. The van der Waals surface area contributed by atoms with Crippen LogP contribution in [0.2, 0.25) is 0 Å². The van der Waals surface area contributed by atoms with Gasteiger partial charge in [-0.3, -0.25) is 0 Å². The highest BCUT2D eigenvalue weighted by molar-refractivity contribution is 6.14. The fourth-order valence-electron chi connectivity index (χ4n) is 10.6. The Labute approximate surface area is 393 Å². The lowest BCUT2D eigenvalue weighted by Crippen LogP contribution is -2.29. The molecule has 0 unspecified atom stereocenters. The number of hydrogen-bond acceptors (Lipinski definition) is 2. The molecule has 2 heteroatoms. The Morgan fingerprint density at radius 1 is 0.373 bits per heavy atom. The lowest BCUT2D eigenvalue weighted by atomic mass is 9.67. The van der Waals surface area contributed by atoms with Crippen LogP contribution < -0.4 is 4.90 Å². The van der Waals surface area contributed by atoms with Crippen LogP contribution in [0.3, 0.4) is 0 Å². The van der Waals surface area contributed by atoms with E-state index in [2.05, 4.69) is 268 Å². The van der Waals surface area contributed by atoms with Crippen molar-refractivity contribution in [1.29, 1.82) is 0 Å². The molecule has 0 N–H and O–H groups in total. The third kappa shape index (κ3) is 6.79. The summed E-state index contributed by atoms with van der Waals surface area (Å²) in [7, 11) is 0. The first-order valence-electron chi connectivity index (χ1n) is 23.3. The van der Waals surface area contributed by atoms with Crippen LogP contribution in [0.5, 0.6) is 0 Å². The van der Waals surface area contributed by atoms with Gasteiger partial charge in [0.15, 0.2) is 0 Å². The van der Waals surface area contributed by atoms with Gasteiger partial charge in [-0.25, -0.2) is 0 Å². The SMILES string of the molecule is CC(C)(C)c1ccc(-c2ccc(N(c3cccc(C4(c5ccc(-c6ccccc6)cc5)c5ccccc5-c5ccccc54)c3)c3cccc4oc5ccc(-c6ccccc6)cc5c34)cc2)cc1. The molecular formula is C65H49NO. The van der Waals surface area contributed by atoms with Crippen molar-refractivity contribution in [3.05, 3.63) is 270 Å². The van der Waals surface area contributed by atoms with Crippen molar-refractivity contribution in [3.8, 4) is 44.5 Å².